The Bertz CT molecular complexity index is 1170. The first-order chi connectivity index (χ1) is 13.7. The number of nitrogens with zero attached hydrogens (tertiary/aromatic N) is 2. The van der Waals surface area contributed by atoms with Crippen LogP contribution in [0.1, 0.15) is 15.9 Å². The summed E-state index contributed by atoms with van der Waals surface area (Å²) >= 11 is 0. The molecule has 2 N–H and O–H groups in total. The molecular weight excluding hydrogens is 350 g/mol. The molecule has 0 saturated carbocycles. The topological polar surface area (TPSA) is 74.0 Å². The van der Waals surface area contributed by atoms with Crippen LogP contribution in [0.3, 0.4) is 0 Å². The van der Waals surface area contributed by atoms with Crippen LogP contribution in [0, 0.1) is 0 Å². The zero-order valence-corrected chi connectivity index (χ0v) is 14.9. The summed E-state index contributed by atoms with van der Waals surface area (Å²) in [7, 11) is 0. The second kappa shape index (κ2) is 7.72. The molecule has 4 aromatic rings. The number of fused-ring (bicyclic) bond motifs is 1. The van der Waals surface area contributed by atoms with E-state index in [0.29, 0.717) is 16.9 Å². The van der Waals surface area contributed by atoms with Crippen molar-refractivity contribution in [2.24, 2.45) is 10.3 Å². The Kier molecular flexibility index (Phi) is 4.80. The Hall–Kier alpha value is -3.99. The number of hydrogen-bond donors (Lipinski definition) is 2. The van der Waals surface area contributed by atoms with Crippen LogP contribution in [0.5, 0.6) is 5.75 Å². The zero-order chi connectivity index (χ0) is 19.3. The first-order valence-corrected chi connectivity index (χ1v) is 8.80. The Balaban J connectivity index is 1.64. The van der Waals surface area contributed by atoms with Gasteiger partial charge in [0.15, 0.2) is 11.5 Å². The van der Waals surface area contributed by atoms with E-state index in [1.165, 1.54) is 0 Å². The minimum absolute atomic E-state index is 0.160. The number of nitrogens with one attached hydrogen (secondary N) is 1. The number of phenolic OH excluding ortho intramolecular Hbond substituents is 1. The molecule has 5 heteroatoms. The second-order valence-corrected chi connectivity index (χ2v) is 6.20. The lowest BCUT2D eigenvalue weighted by Gasteiger charge is -2.10. The largest absolute Gasteiger partial charge is 0.505 e. The van der Waals surface area contributed by atoms with Crippen molar-refractivity contribution >= 4 is 27.9 Å². The van der Waals surface area contributed by atoms with E-state index in [4.69, 9.17) is 0 Å². The summed E-state index contributed by atoms with van der Waals surface area (Å²) in [6.07, 6.45) is 0. The molecule has 0 aliphatic carbocycles. The number of phenols is 1. The molecule has 0 bridgehead atoms. The number of carbonyl (C=O) groups excluding carboxylic acids is 1. The average Bonchev–Trinajstić information content (AvgIpc) is 2.75. The number of aromatic hydroxyl groups is 1. The van der Waals surface area contributed by atoms with Crippen molar-refractivity contribution in [2.75, 3.05) is 5.43 Å². The van der Waals surface area contributed by atoms with Crippen LogP contribution >= 0.6 is 0 Å². The molecule has 28 heavy (non-hydrogen) atoms. The average molecular weight is 367 g/mol. The summed E-state index contributed by atoms with van der Waals surface area (Å²) < 4.78 is 0. The molecule has 0 fully saturated rings. The van der Waals surface area contributed by atoms with Crippen molar-refractivity contribution in [1.29, 1.82) is 0 Å². The Morgan fingerprint density at radius 2 is 1.43 bits per heavy atom. The molecule has 0 amide bonds. The molecular formula is C23H17N3O2. The van der Waals surface area contributed by atoms with Crippen LogP contribution in [-0.2, 0) is 0 Å². The Morgan fingerprint density at radius 3 is 2.29 bits per heavy atom. The van der Waals surface area contributed by atoms with E-state index in [1.54, 1.807) is 24.3 Å². The van der Waals surface area contributed by atoms with Gasteiger partial charge in [-0.25, -0.2) is 0 Å². The van der Waals surface area contributed by atoms with Gasteiger partial charge in [-0.15, -0.1) is 5.11 Å². The highest BCUT2D eigenvalue weighted by molar-refractivity contribution is 6.18. The first-order valence-electron chi connectivity index (χ1n) is 8.80. The highest BCUT2D eigenvalue weighted by Gasteiger charge is 2.18. The molecule has 0 spiro atoms. The van der Waals surface area contributed by atoms with Crippen LogP contribution in [0.25, 0.3) is 10.8 Å². The van der Waals surface area contributed by atoms with E-state index in [-0.39, 0.29) is 17.1 Å². The van der Waals surface area contributed by atoms with Gasteiger partial charge < -0.3 is 5.11 Å². The van der Waals surface area contributed by atoms with E-state index in [0.717, 1.165) is 10.8 Å². The van der Waals surface area contributed by atoms with Crippen molar-refractivity contribution in [3.05, 3.63) is 102 Å². The summed E-state index contributed by atoms with van der Waals surface area (Å²) in [5.41, 5.74) is 4.43. The number of ketones is 1. The minimum atomic E-state index is -0.252. The molecule has 4 rings (SSSR count). The standard InChI is InChI=1S/C23H17N3O2/c27-22(19-13-6-9-16-8-4-5-12-18(16)19)20-14-7-15-21(23(20)28)25-26-24-17-10-2-1-3-11-17/h1-15,28H,(H,24,25). The van der Waals surface area contributed by atoms with Gasteiger partial charge in [0.1, 0.15) is 5.69 Å². The minimum Gasteiger partial charge on any atom is -0.505 e. The van der Waals surface area contributed by atoms with Gasteiger partial charge in [0.25, 0.3) is 0 Å². The van der Waals surface area contributed by atoms with Crippen molar-refractivity contribution in [2.45, 2.75) is 0 Å². The van der Waals surface area contributed by atoms with Crippen LogP contribution < -0.4 is 5.43 Å². The van der Waals surface area contributed by atoms with Gasteiger partial charge in [-0.05, 0) is 35.0 Å². The summed E-state index contributed by atoms with van der Waals surface area (Å²) in [4.78, 5) is 13.1. The van der Waals surface area contributed by atoms with E-state index in [9.17, 15) is 9.90 Å². The third kappa shape index (κ3) is 3.46. The molecule has 0 saturated heterocycles. The molecule has 4 aromatic carbocycles. The van der Waals surface area contributed by atoms with E-state index < -0.39 is 0 Å². The van der Waals surface area contributed by atoms with E-state index in [1.807, 2.05) is 66.7 Å². The number of para-hydroxylation sites is 1. The quantitative estimate of drug-likeness (QED) is 0.200. The lowest BCUT2D eigenvalue weighted by atomic mass is 9.96. The first kappa shape index (κ1) is 17.4. The van der Waals surface area contributed by atoms with Crippen LogP contribution in [-0.4, -0.2) is 10.9 Å². The van der Waals surface area contributed by atoms with Crippen LogP contribution in [0.2, 0.25) is 0 Å². The number of benzene rings is 4. The van der Waals surface area contributed by atoms with Gasteiger partial charge >= 0.3 is 0 Å². The normalized spacial score (nSPS) is 11.0. The third-order valence-corrected chi connectivity index (χ3v) is 4.41. The smallest absolute Gasteiger partial charge is 0.197 e. The van der Waals surface area contributed by atoms with Crippen molar-refractivity contribution in [3.8, 4) is 5.75 Å². The number of carbonyl (C=O) groups is 1. The van der Waals surface area contributed by atoms with Gasteiger partial charge in [0.2, 0.25) is 0 Å². The predicted molar refractivity (Wildman–Crippen MR) is 110 cm³/mol. The molecule has 0 atom stereocenters. The number of anilines is 1. The fourth-order valence-corrected chi connectivity index (χ4v) is 3.02. The maximum Gasteiger partial charge on any atom is 0.197 e. The van der Waals surface area contributed by atoms with Crippen molar-refractivity contribution < 1.29 is 9.90 Å². The molecule has 136 valence electrons. The van der Waals surface area contributed by atoms with Gasteiger partial charge in [-0.3, -0.25) is 10.2 Å². The Labute approximate surface area is 162 Å². The maximum atomic E-state index is 13.1. The molecule has 0 aliphatic rings. The number of rotatable bonds is 5. The molecule has 0 aromatic heterocycles. The fraction of sp³-hybridized carbons (Fsp3) is 0. The fourth-order valence-electron chi connectivity index (χ4n) is 3.02. The van der Waals surface area contributed by atoms with Gasteiger partial charge in [0, 0.05) is 5.56 Å². The molecule has 5 nitrogen and oxygen atoms in total. The van der Waals surface area contributed by atoms with Crippen molar-refractivity contribution in [3.63, 3.8) is 0 Å². The SMILES string of the molecule is O=C(c1cccc(NN=Nc2ccccc2)c1O)c1cccc2ccccc12. The second-order valence-electron chi connectivity index (χ2n) is 6.20. The summed E-state index contributed by atoms with van der Waals surface area (Å²) in [6, 6.07) is 27.4. The molecule has 0 heterocycles. The highest BCUT2D eigenvalue weighted by atomic mass is 16.3. The van der Waals surface area contributed by atoms with Gasteiger partial charge in [-0.2, -0.15) is 0 Å². The van der Waals surface area contributed by atoms with Crippen molar-refractivity contribution in [1.82, 2.24) is 0 Å². The monoisotopic (exact) mass is 367 g/mol. The highest BCUT2D eigenvalue weighted by Crippen LogP contribution is 2.31. The lowest BCUT2D eigenvalue weighted by Crippen LogP contribution is -2.03. The number of hydrogen-bond acceptors (Lipinski definition) is 4. The van der Waals surface area contributed by atoms with Crippen LogP contribution in [0.15, 0.2) is 101 Å². The molecule has 0 aliphatic heterocycles. The van der Waals surface area contributed by atoms with Crippen LogP contribution in [0.4, 0.5) is 11.4 Å². The predicted octanol–water partition coefficient (Wildman–Crippen LogP) is 5.89. The summed E-state index contributed by atoms with van der Waals surface area (Å²) in [6.45, 7) is 0. The van der Waals surface area contributed by atoms with Gasteiger partial charge in [0.05, 0.1) is 11.3 Å². The maximum absolute atomic E-state index is 13.1. The molecule has 0 unspecified atom stereocenters. The summed E-state index contributed by atoms with van der Waals surface area (Å²) in [5.74, 6) is -0.412. The van der Waals surface area contributed by atoms with Gasteiger partial charge in [-0.1, -0.05) is 72.0 Å². The third-order valence-electron chi connectivity index (χ3n) is 4.41. The van der Waals surface area contributed by atoms with E-state index in [2.05, 4.69) is 15.8 Å². The van der Waals surface area contributed by atoms with E-state index >= 15 is 0 Å². The summed E-state index contributed by atoms with van der Waals surface area (Å²) in [5, 5.41) is 20.4. The zero-order valence-electron chi connectivity index (χ0n) is 14.9. The lowest BCUT2D eigenvalue weighted by molar-refractivity contribution is 0.103. The molecule has 0 radical (unpaired) electrons. The Morgan fingerprint density at radius 1 is 0.750 bits per heavy atom.